The van der Waals surface area contributed by atoms with E-state index >= 15 is 0 Å². The van der Waals surface area contributed by atoms with Crippen LogP contribution in [0.5, 0.6) is 5.75 Å². The van der Waals surface area contributed by atoms with Gasteiger partial charge in [-0.1, -0.05) is 65.9 Å². The molecule has 1 heterocycles. The number of fused-ring (bicyclic) bond motifs is 1. The van der Waals surface area contributed by atoms with Crippen LogP contribution in [0.15, 0.2) is 72.8 Å². The van der Waals surface area contributed by atoms with Crippen molar-refractivity contribution in [3.63, 3.8) is 0 Å². The number of rotatable bonds is 8. The fourth-order valence-corrected chi connectivity index (χ4v) is 3.60. The van der Waals surface area contributed by atoms with E-state index in [4.69, 9.17) is 4.74 Å². The lowest BCUT2D eigenvalue weighted by molar-refractivity contribution is -0.122. The topological polar surface area (TPSA) is 69.0 Å². The van der Waals surface area contributed by atoms with Crippen LogP contribution in [0.2, 0.25) is 0 Å². The van der Waals surface area contributed by atoms with E-state index in [9.17, 15) is 4.79 Å². The molecule has 3 aromatic carbocycles. The zero-order valence-electron chi connectivity index (χ0n) is 17.2. The third kappa shape index (κ3) is 4.58. The number of aromatic nitrogens is 3. The Morgan fingerprint density at radius 2 is 1.77 bits per heavy atom. The highest BCUT2D eigenvalue weighted by atomic mass is 16.5. The molecule has 6 heteroatoms. The van der Waals surface area contributed by atoms with Gasteiger partial charge in [0.05, 0.1) is 0 Å². The van der Waals surface area contributed by atoms with Crippen LogP contribution in [0.4, 0.5) is 0 Å². The summed E-state index contributed by atoms with van der Waals surface area (Å²) >= 11 is 0. The summed E-state index contributed by atoms with van der Waals surface area (Å²) in [5.41, 5.74) is 2.46. The first-order valence-corrected chi connectivity index (χ1v) is 10.6. The van der Waals surface area contributed by atoms with E-state index in [1.54, 1.807) is 4.68 Å². The van der Waals surface area contributed by atoms with E-state index in [1.165, 1.54) is 18.2 Å². The fourth-order valence-electron chi connectivity index (χ4n) is 3.60. The van der Waals surface area contributed by atoms with Crippen molar-refractivity contribution in [1.82, 2.24) is 20.3 Å². The highest BCUT2D eigenvalue weighted by Gasteiger charge is 2.22. The summed E-state index contributed by atoms with van der Waals surface area (Å²) < 4.78 is 7.76. The molecule has 0 saturated heterocycles. The molecule has 1 N–H and O–H groups in total. The standard InChI is InChI=1S/C25H24N4O2/c30-24(26-15-18-10-11-18)16-29-23(25(27-28-29)20-7-2-1-3-8-20)17-31-22-13-12-19-6-4-5-9-21(19)14-22/h1-9,12-14,18H,10-11,15-17H2,(H,26,30). The summed E-state index contributed by atoms with van der Waals surface area (Å²) in [6.45, 7) is 1.14. The number of ether oxygens (including phenoxy) is 1. The van der Waals surface area contributed by atoms with Gasteiger partial charge in [0, 0.05) is 12.1 Å². The van der Waals surface area contributed by atoms with E-state index in [2.05, 4.69) is 27.8 Å². The first kappa shape index (κ1) is 19.3. The summed E-state index contributed by atoms with van der Waals surface area (Å²) in [4.78, 5) is 12.4. The number of carbonyl (C=O) groups excluding carboxylic acids is 1. The van der Waals surface area contributed by atoms with Crippen LogP contribution >= 0.6 is 0 Å². The fraction of sp³-hybridized carbons (Fsp3) is 0.240. The normalized spacial score (nSPS) is 13.3. The second kappa shape index (κ2) is 8.60. The quantitative estimate of drug-likeness (QED) is 0.471. The highest BCUT2D eigenvalue weighted by molar-refractivity contribution is 5.83. The monoisotopic (exact) mass is 412 g/mol. The number of hydrogen-bond acceptors (Lipinski definition) is 4. The molecule has 0 unspecified atom stereocenters. The van der Waals surface area contributed by atoms with Crippen LogP contribution in [0.1, 0.15) is 18.5 Å². The number of nitrogens with one attached hydrogen (secondary N) is 1. The second-order valence-electron chi connectivity index (χ2n) is 7.95. The highest BCUT2D eigenvalue weighted by Crippen LogP contribution is 2.28. The van der Waals surface area contributed by atoms with Crippen molar-refractivity contribution in [2.45, 2.75) is 26.0 Å². The molecule has 6 nitrogen and oxygen atoms in total. The molecular formula is C25H24N4O2. The van der Waals surface area contributed by atoms with E-state index in [1.807, 2.05) is 60.7 Å². The molecule has 0 bridgehead atoms. The Labute approximate surface area is 180 Å². The third-order valence-electron chi connectivity index (χ3n) is 5.56. The minimum atomic E-state index is -0.0524. The summed E-state index contributed by atoms with van der Waals surface area (Å²) in [6, 6.07) is 24.1. The van der Waals surface area contributed by atoms with Gasteiger partial charge in [0.2, 0.25) is 5.91 Å². The largest absolute Gasteiger partial charge is 0.487 e. The predicted molar refractivity (Wildman–Crippen MR) is 119 cm³/mol. The summed E-state index contributed by atoms with van der Waals surface area (Å²) in [5, 5.41) is 13.9. The Morgan fingerprint density at radius 1 is 1.00 bits per heavy atom. The van der Waals surface area contributed by atoms with Crippen LogP contribution in [-0.2, 0) is 17.9 Å². The smallest absolute Gasteiger partial charge is 0.241 e. The lowest BCUT2D eigenvalue weighted by Crippen LogP contribution is -2.30. The summed E-state index contributed by atoms with van der Waals surface area (Å²) in [6.07, 6.45) is 2.40. The molecule has 0 spiro atoms. The van der Waals surface area contributed by atoms with Gasteiger partial charge in [0.25, 0.3) is 0 Å². The minimum absolute atomic E-state index is 0.0524. The lowest BCUT2D eigenvalue weighted by Gasteiger charge is -2.11. The van der Waals surface area contributed by atoms with E-state index in [-0.39, 0.29) is 19.1 Å². The van der Waals surface area contributed by atoms with E-state index in [0.29, 0.717) is 5.92 Å². The average Bonchev–Trinajstić information content (AvgIpc) is 3.56. The van der Waals surface area contributed by atoms with Crippen molar-refractivity contribution < 1.29 is 9.53 Å². The maximum atomic E-state index is 12.4. The Kier molecular flexibility index (Phi) is 5.35. The molecular weight excluding hydrogens is 388 g/mol. The van der Waals surface area contributed by atoms with Crippen molar-refractivity contribution in [1.29, 1.82) is 0 Å². The van der Waals surface area contributed by atoms with Gasteiger partial charge in [-0.05, 0) is 41.7 Å². The summed E-state index contributed by atoms with van der Waals surface area (Å²) in [5.74, 6) is 1.35. The molecule has 1 aliphatic carbocycles. The van der Waals surface area contributed by atoms with Gasteiger partial charge >= 0.3 is 0 Å². The van der Waals surface area contributed by atoms with Crippen LogP contribution in [0.3, 0.4) is 0 Å². The molecule has 0 aliphatic heterocycles. The molecule has 1 aliphatic rings. The number of benzene rings is 3. The maximum absolute atomic E-state index is 12.4. The molecule has 0 atom stereocenters. The first-order valence-electron chi connectivity index (χ1n) is 10.6. The molecule has 5 rings (SSSR count). The zero-order chi connectivity index (χ0) is 21.0. The summed E-state index contributed by atoms with van der Waals surface area (Å²) in [7, 11) is 0. The van der Waals surface area contributed by atoms with E-state index in [0.717, 1.165) is 34.6 Å². The lowest BCUT2D eigenvalue weighted by atomic mass is 10.1. The molecule has 1 saturated carbocycles. The molecule has 1 fully saturated rings. The molecule has 1 amide bonds. The van der Waals surface area contributed by atoms with Crippen molar-refractivity contribution in [3.8, 4) is 17.0 Å². The Hall–Kier alpha value is -3.67. The third-order valence-corrected chi connectivity index (χ3v) is 5.56. The van der Waals surface area contributed by atoms with Gasteiger partial charge in [0.1, 0.15) is 30.3 Å². The van der Waals surface area contributed by atoms with Crippen LogP contribution in [0, 0.1) is 5.92 Å². The van der Waals surface area contributed by atoms with Crippen LogP contribution in [-0.4, -0.2) is 27.4 Å². The van der Waals surface area contributed by atoms with Crippen LogP contribution < -0.4 is 10.1 Å². The van der Waals surface area contributed by atoms with Crippen molar-refractivity contribution in [3.05, 3.63) is 78.5 Å². The van der Waals surface area contributed by atoms with Crippen molar-refractivity contribution in [2.75, 3.05) is 6.54 Å². The first-order chi connectivity index (χ1) is 15.3. The Morgan fingerprint density at radius 3 is 2.58 bits per heavy atom. The number of hydrogen-bond donors (Lipinski definition) is 1. The van der Waals surface area contributed by atoms with Gasteiger partial charge in [-0.15, -0.1) is 5.10 Å². The molecule has 156 valence electrons. The number of amides is 1. The zero-order valence-corrected chi connectivity index (χ0v) is 17.2. The Bertz CT molecular complexity index is 1200. The number of nitrogens with zero attached hydrogens (tertiary/aromatic N) is 3. The van der Waals surface area contributed by atoms with Gasteiger partial charge in [0.15, 0.2) is 0 Å². The van der Waals surface area contributed by atoms with Gasteiger partial charge in [-0.3, -0.25) is 4.79 Å². The van der Waals surface area contributed by atoms with Gasteiger partial charge in [-0.25, -0.2) is 4.68 Å². The second-order valence-corrected chi connectivity index (χ2v) is 7.95. The van der Waals surface area contributed by atoms with Crippen molar-refractivity contribution in [2.24, 2.45) is 5.92 Å². The van der Waals surface area contributed by atoms with E-state index < -0.39 is 0 Å². The maximum Gasteiger partial charge on any atom is 0.241 e. The van der Waals surface area contributed by atoms with Gasteiger partial charge < -0.3 is 10.1 Å². The van der Waals surface area contributed by atoms with Crippen LogP contribution in [0.25, 0.3) is 22.0 Å². The van der Waals surface area contributed by atoms with Gasteiger partial charge in [-0.2, -0.15) is 0 Å². The number of carbonyl (C=O) groups is 1. The molecule has 4 aromatic rings. The minimum Gasteiger partial charge on any atom is -0.487 e. The average molecular weight is 412 g/mol. The predicted octanol–water partition coefficient (Wildman–Crippen LogP) is 4.20. The Balaban J connectivity index is 1.38. The SMILES string of the molecule is O=C(Cn1nnc(-c2ccccc2)c1COc1ccc2ccccc2c1)NCC1CC1. The molecule has 1 aromatic heterocycles. The molecule has 31 heavy (non-hydrogen) atoms. The van der Waals surface area contributed by atoms with Crippen molar-refractivity contribution >= 4 is 16.7 Å². The molecule has 0 radical (unpaired) electrons.